The lowest BCUT2D eigenvalue weighted by Gasteiger charge is -1.97. The van der Waals surface area contributed by atoms with Crippen LogP contribution in [0.4, 0.5) is 0 Å². The Bertz CT molecular complexity index is 471. The molecule has 0 radical (unpaired) electrons. The third kappa shape index (κ3) is 2.84. The number of hydrogen-bond donors (Lipinski definition) is 1. The maximum absolute atomic E-state index is 11.5. The molecule has 2 saturated carbocycles. The molecular weight excluding hydrogens is 226 g/mol. The van der Waals surface area contributed by atoms with Crippen LogP contribution < -0.4 is 5.32 Å². The summed E-state index contributed by atoms with van der Waals surface area (Å²) >= 11 is 0. The summed E-state index contributed by atoms with van der Waals surface area (Å²) in [6, 6.07) is 3.96. The van der Waals surface area contributed by atoms with E-state index in [0.717, 1.165) is 24.0 Å². The van der Waals surface area contributed by atoms with Gasteiger partial charge in [-0.05, 0) is 49.3 Å². The third-order valence-corrected chi connectivity index (χ3v) is 3.78. The Morgan fingerprint density at radius 2 is 2.28 bits per heavy atom. The largest absolute Gasteiger partial charge is 0.461 e. The van der Waals surface area contributed by atoms with Gasteiger partial charge in [-0.3, -0.25) is 4.79 Å². The molecule has 3 heteroatoms. The Balaban J connectivity index is 1.51. The number of amides is 1. The Hall–Kier alpha value is -1.51. The molecule has 0 saturated heterocycles. The van der Waals surface area contributed by atoms with Crippen LogP contribution in [-0.4, -0.2) is 12.5 Å². The summed E-state index contributed by atoms with van der Waals surface area (Å²) < 4.78 is 5.70. The highest BCUT2D eigenvalue weighted by Crippen LogP contribution is 2.47. The van der Waals surface area contributed by atoms with E-state index >= 15 is 0 Å². The average Bonchev–Trinajstić information content (AvgIpc) is 3.26. The van der Waals surface area contributed by atoms with Crippen molar-refractivity contribution in [2.75, 3.05) is 6.54 Å². The van der Waals surface area contributed by atoms with Gasteiger partial charge in [-0.15, -0.1) is 0 Å². The van der Waals surface area contributed by atoms with Crippen LogP contribution in [0.2, 0.25) is 0 Å². The van der Waals surface area contributed by atoms with Gasteiger partial charge >= 0.3 is 0 Å². The van der Waals surface area contributed by atoms with Crippen LogP contribution in [0, 0.1) is 11.8 Å². The molecule has 2 fully saturated rings. The highest BCUT2D eigenvalue weighted by molar-refractivity contribution is 5.91. The van der Waals surface area contributed by atoms with Gasteiger partial charge in [-0.2, -0.15) is 0 Å². The first kappa shape index (κ1) is 11.6. The fraction of sp³-hybridized carbons (Fsp3) is 0.533. The lowest BCUT2D eigenvalue weighted by molar-refractivity contribution is -0.116. The second-order valence-electron chi connectivity index (χ2n) is 5.58. The number of carbonyl (C=O) groups is 1. The smallest absolute Gasteiger partial charge is 0.244 e. The van der Waals surface area contributed by atoms with E-state index < -0.39 is 0 Å². The normalized spacial score (nSPS) is 26.5. The van der Waals surface area contributed by atoms with Crippen LogP contribution in [0.15, 0.2) is 22.6 Å². The monoisotopic (exact) mass is 245 g/mol. The van der Waals surface area contributed by atoms with Crippen molar-refractivity contribution in [1.29, 1.82) is 0 Å². The van der Waals surface area contributed by atoms with Gasteiger partial charge in [0.15, 0.2) is 0 Å². The molecule has 1 amide bonds. The molecule has 1 N–H and O–H groups in total. The summed E-state index contributed by atoms with van der Waals surface area (Å²) in [7, 11) is 0. The molecule has 2 aliphatic carbocycles. The summed E-state index contributed by atoms with van der Waals surface area (Å²) in [4.78, 5) is 11.5. The van der Waals surface area contributed by atoms with Crippen LogP contribution in [0.3, 0.4) is 0 Å². The Labute approximate surface area is 107 Å². The van der Waals surface area contributed by atoms with E-state index in [4.69, 9.17) is 4.42 Å². The van der Waals surface area contributed by atoms with Gasteiger partial charge in [-0.1, -0.05) is 6.92 Å². The van der Waals surface area contributed by atoms with Crippen LogP contribution in [-0.2, 0) is 4.79 Å². The number of hydrogen-bond acceptors (Lipinski definition) is 2. The molecule has 1 aromatic rings. The fourth-order valence-electron chi connectivity index (χ4n) is 2.16. The molecule has 0 spiro atoms. The van der Waals surface area contributed by atoms with Crippen molar-refractivity contribution in [1.82, 2.24) is 5.32 Å². The summed E-state index contributed by atoms with van der Waals surface area (Å²) in [6.45, 7) is 3.04. The zero-order valence-electron chi connectivity index (χ0n) is 10.7. The molecule has 18 heavy (non-hydrogen) atoms. The van der Waals surface area contributed by atoms with Crippen molar-refractivity contribution < 1.29 is 9.21 Å². The summed E-state index contributed by atoms with van der Waals surface area (Å²) in [6.07, 6.45) is 7.04. The summed E-state index contributed by atoms with van der Waals surface area (Å²) in [5.41, 5.74) is 0. The number of nitrogens with one attached hydrogen (secondary N) is 1. The van der Waals surface area contributed by atoms with Crippen molar-refractivity contribution in [3.63, 3.8) is 0 Å². The lowest BCUT2D eigenvalue weighted by Crippen LogP contribution is -2.23. The van der Waals surface area contributed by atoms with Crippen LogP contribution in [0.5, 0.6) is 0 Å². The van der Waals surface area contributed by atoms with Gasteiger partial charge in [0.1, 0.15) is 11.5 Å². The highest BCUT2D eigenvalue weighted by Gasteiger charge is 2.36. The van der Waals surface area contributed by atoms with E-state index in [-0.39, 0.29) is 5.91 Å². The first-order valence-electron chi connectivity index (χ1n) is 6.78. The van der Waals surface area contributed by atoms with E-state index in [1.165, 1.54) is 19.3 Å². The lowest BCUT2D eigenvalue weighted by atomic mass is 10.3. The second-order valence-corrected chi connectivity index (χ2v) is 5.58. The quantitative estimate of drug-likeness (QED) is 0.810. The van der Waals surface area contributed by atoms with Crippen molar-refractivity contribution in [2.24, 2.45) is 11.8 Å². The highest BCUT2D eigenvalue weighted by atomic mass is 16.3. The molecule has 96 valence electrons. The first-order chi connectivity index (χ1) is 8.72. The van der Waals surface area contributed by atoms with E-state index in [1.54, 1.807) is 12.2 Å². The van der Waals surface area contributed by atoms with Gasteiger partial charge < -0.3 is 9.73 Å². The zero-order valence-corrected chi connectivity index (χ0v) is 10.7. The second kappa shape index (κ2) is 4.63. The molecule has 1 heterocycles. The predicted octanol–water partition coefficient (Wildman–Crippen LogP) is 2.94. The van der Waals surface area contributed by atoms with E-state index in [0.29, 0.717) is 11.8 Å². The molecule has 1 aromatic heterocycles. The standard InChI is InChI=1S/C15H19NO2/c1-10-8-13(10)14-6-4-12(18-14)5-7-15(17)16-9-11-2-3-11/h4-7,10-11,13H,2-3,8-9H2,1H3,(H,16,17)/b7-5+. The minimum absolute atomic E-state index is 0.0281. The van der Waals surface area contributed by atoms with Crippen molar-refractivity contribution in [3.8, 4) is 0 Å². The first-order valence-corrected chi connectivity index (χ1v) is 6.78. The van der Waals surface area contributed by atoms with Crippen molar-refractivity contribution >= 4 is 12.0 Å². The number of carbonyl (C=O) groups excluding carboxylic acids is 1. The molecule has 0 aromatic carbocycles. The van der Waals surface area contributed by atoms with Crippen LogP contribution >= 0.6 is 0 Å². The van der Waals surface area contributed by atoms with Crippen LogP contribution in [0.25, 0.3) is 6.08 Å². The SMILES string of the molecule is CC1CC1c1ccc(/C=C/C(=O)NCC2CC2)o1. The molecule has 3 nitrogen and oxygen atoms in total. The van der Waals surface area contributed by atoms with Crippen molar-refractivity contribution in [2.45, 2.75) is 32.1 Å². The minimum Gasteiger partial charge on any atom is -0.461 e. The molecule has 3 rings (SSSR count). The maximum Gasteiger partial charge on any atom is 0.244 e. The topological polar surface area (TPSA) is 42.2 Å². The van der Waals surface area contributed by atoms with E-state index in [2.05, 4.69) is 12.2 Å². The third-order valence-electron chi connectivity index (χ3n) is 3.78. The predicted molar refractivity (Wildman–Crippen MR) is 70.0 cm³/mol. The average molecular weight is 245 g/mol. The Kier molecular flexibility index (Phi) is 2.98. The van der Waals surface area contributed by atoms with Gasteiger partial charge in [0.2, 0.25) is 5.91 Å². The Morgan fingerprint density at radius 1 is 1.50 bits per heavy atom. The van der Waals surface area contributed by atoms with Gasteiger partial charge in [-0.25, -0.2) is 0 Å². The molecule has 0 bridgehead atoms. The van der Waals surface area contributed by atoms with Gasteiger partial charge in [0.25, 0.3) is 0 Å². The zero-order chi connectivity index (χ0) is 12.5. The summed E-state index contributed by atoms with van der Waals surface area (Å²) in [5, 5.41) is 2.90. The van der Waals surface area contributed by atoms with E-state index in [9.17, 15) is 4.79 Å². The minimum atomic E-state index is -0.0281. The van der Waals surface area contributed by atoms with E-state index in [1.807, 2.05) is 12.1 Å². The van der Waals surface area contributed by atoms with Crippen molar-refractivity contribution in [3.05, 3.63) is 29.7 Å². The number of rotatable bonds is 5. The summed E-state index contributed by atoms with van der Waals surface area (Å²) in [5.74, 6) is 3.85. The van der Waals surface area contributed by atoms with Gasteiger partial charge in [0.05, 0.1) is 0 Å². The van der Waals surface area contributed by atoms with Gasteiger partial charge in [0, 0.05) is 18.5 Å². The Morgan fingerprint density at radius 3 is 2.94 bits per heavy atom. The fourth-order valence-corrected chi connectivity index (χ4v) is 2.16. The maximum atomic E-state index is 11.5. The molecule has 2 atom stereocenters. The number of furan rings is 1. The van der Waals surface area contributed by atoms with Crippen LogP contribution in [0.1, 0.15) is 43.6 Å². The molecular formula is C15H19NO2. The molecule has 0 aliphatic heterocycles. The molecule has 2 aliphatic rings. The molecule has 2 unspecified atom stereocenters.